The number of anilines is 1. The number of sulfone groups is 1. The summed E-state index contributed by atoms with van der Waals surface area (Å²) in [4.78, 5) is 12.7. The highest BCUT2D eigenvalue weighted by molar-refractivity contribution is 7.90. The second-order valence-electron chi connectivity index (χ2n) is 7.37. The molecular weight excluding hydrogens is 476 g/mol. The van der Waals surface area contributed by atoms with E-state index >= 15 is 0 Å². The van der Waals surface area contributed by atoms with Crippen molar-refractivity contribution < 1.29 is 39.6 Å². The fourth-order valence-corrected chi connectivity index (χ4v) is 4.17. The van der Waals surface area contributed by atoms with Crippen LogP contribution in [0.1, 0.15) is 22.7 Å². The van der Waals surface area contributed by atoms with Crippen molar-refractivity contribution in [1.82, 2.24) is 5.32 Å². The molecule has 0 bridgehead atoms. The SMILES string of the molecule is CS(=O)(=O)c1ccc2c(c1)CNC2C(=O)Nc1ccc(C(C#N)(C(F)(F)F)C(F)(F)F)cc1. The van der Waals surface area contributed by atoms with Gasteiger partial charge >= 0.3 is 12.4 Å². The molecule has 0 spiro atoms. The van der Waals surface area contributed by atoms with Crippen molar-refractivity contribution >= 4 is 21.4 Å². The normalized spacial score (nSPS) is 16.7. The van der Waals surface area contributed by atoms with E-state index in [1.807, 2.05) is 0 Å². The molecular formula is C20H15F6N3O3S. The average molecular weight is 491 g/mol. The molecule has 0 aliphatic carbocycles. The summed E-state index contributed by atoms with van der Waals surface area (Å²) in [5.41, 5.74) is -5.11. The monoisotopic (exact) mass is 491 g/mol. The molecule has 0 radical (unpaired) electrons. The van der Waals surface area contributed by atoms with Gasteiger partial charge < -0.3 is 5.32 Å². The molecule has 0 saturated carbocycles. The van der Waals surface area contributed by atoms with Crippen LogP contribution in [0.2, 0.25) is 0 Å². The molecule has 1 amide bonds. The second-order valence-corrected chi connectivity index (χ2v) is 9.39. The highest BCUT2D eigenvalue weighted by atomic mass is 32.2. The number of halogens is 6. The Kier molecular flexibility index (Phi) is 5.97. The van der Waals surface area contributed by atoms with Crippen LogP contribution >= 0.6 is 0 Å². The summed E-state index contributed by atoms with van der Waals surface area (Å²) in [6, 6.07) is 6.25. The number of nitrogens with zero attached hydrogens (tertiary/aromatic N) is 1. The first-order valence-electron chi connectivity index (χ1n) is 9.14. The van der Waals surface area contributed by atoms with E-state index in [0.717, 1.165) is 18.4 Å². The van der Waals surface area contributed by atoms with Gasteiger partial charge in [0.15, 0.2) is 9.84 Å². The van der Waals surface area contributed by atoms with Crippen LogP contribution < -0.4 is 10.6 Å². The summed E-state index contributed by atoms with van der Waals surface area (Å²) in [6.07, 6.45) is -10.8. The van der Waals surface area contributed by atoms with Crippen LogP contribution in [0, 0.1) is 11.3 Å². The van der Waals surface area contributed by atoms with Gasteiger partial charge in [0, 0.05) is 18.5 Å². The lowest BCUT2D eigenvalue weighted by atomic mass is 9.80. The van der Waals surface area contributed by atoms with Crippen LogP contribution in [0.4, 0.5) is 32.0 Å². The van der Waals surface area contributed by atoms with Crippen molar-refractivity contribution in [1.29, 1.82) is 5.26 Å². The van der Waals surface area contributed by atoms with Gasteiger partial charge in [-0.25, -0.2) is 8.42 Å². The molecule has 3 rings (SSSR count). The van der Waals surface area contributed by atoms with Gasteiger partial charge in [-0.3, -0.25) is 10.1 Å². The van der Waals surface area contributed by atoms with Gasteiger partial charge in [0.25, 0.3) is 5.41 Å². The molecule has 1 heterocycles. The number of rotatable bonds is 4. The van der Waals surface area contributed by atoms with Crippen molar-refractivity contribution in [2.24, 2.45) is 0 Å². The Labute approximate surface area is 184 Å². The van der Waals surface area contributed by atoms with Crippen LogP contribution in [0.25, 0.3) is 0 Å². The predicted octanol–water partition coefficient (Wildman–Crippen LogP) is 3.76. The Balaban J connectivity index is 1.85. The number of nitriles is 1. The largest absolute Gasteiger partial charge is 0.420 e. The Morgan fingerprint density at radius 1 is 1.06 bits per heavy atom. The first-order chi connectivity index (χ1) is 15.1. The molecule has 1 unspecified atom stereocenters. The van der Waals surface area contributed by atoms with Gasteiger partial charge in [0.1, 0.15) is 6.04 Å². The molecule has 0 fully saturated rings. The summed E-state index contributed by atoms with van der Waals surface area (Å²) in [7, 11) is -3.46. The lowest BCUT2D eigenvalue weighted by molar-refractivity contribution is -0.283. The zero-order valence-electron chi connectivity index (χ0n) is 16.7. The molecule has 0 aromatic heterocycles. The van der Waals surface area contributed by atoms with E-state index in [0.29, 0.717) is 29.3 Å². The minimum absolute atomic E-state index is 0.0648. The zero-order valence-corrected chi connectivity index (χ0v) is 17.5. The number of hydrogen-bond donors (Lipinski definition) is 2. The number of nitrogens with one attached hydrogen (secondary N) is 2. The summed E-state index contributed by atoms with van der Waals surface area (Å²) < 4.78 is 103. The predicted molar refractivity (Wildman–Crippen MR) is 104 cm³/mol. The van der Waals surface area contributed by atoms with Gasteiger partial charge in [-0.1, -0.05) is 18.2 Å². The van der Waals surface area contributed by atoms with E-state index in [9.17, 15) is 39.6 Å². The van der Waals surface area contributed by atoms with Gasteiger partial charge in [-0.15, -0.1) is 0 Å². The van der Waals surface area contributed by atoms with E-state index in [1.165, 1.54) is 18.2 Å². The topological polar surface area (TPSA) is 99.1 Å². The number of fused-ring (bicyclic) bond motifs is 1. The number of carbonyl (C=O) groups excluding carboxylic acids is 1. The van der Waals surface area contributed by atoms with Crippen molar-refractivity contribution in [3.63, 3.8) is 0 Å². The molecule has 6 nitrogen and oxygen atoms in total. The molecule has 13 heteroatoms. The molecule has 2 aromatic rings. The van der Waals surface area contributed by atoms with Crippen molar-refractivity contribution in [3.05, 3.63) is 59.2 Å². The van der Waals surface area contributed by atoms with Crippen LogP contribution in [-0.4, -0.2) is 32.9 Å². The number of hydrogen-bond acceptors (Lipinski definition) is 5. The van der Waals surface area contributed by atoms with Gasteiger partial charge in [0.05, 0.1) is 11.0 Å². The minimum Gasteiger partial charge on any atom is -0.324 e. The molecule has 0 saturated heterocycles. The molecule has 33 heavy (non-hydrogen) atoms. The maximum atomic E-state index is 13.3. The third kappa shape index (κ3) is 4.28. The van der Waals surface area contributed by atoms with E-state index in [2.05, 4.69) is 10.6 Å². The summed E-state index contributed by atoms with van der Waals surface area (Å²) in [5.74, 6) is -0.660. The number of amides is 1. The summed E-state index contributed by atoms with van der Waals surface area (Å²) in [6.45, 7) is 0.178. The van der Waals surface area contributed by atoms with Crippen LogP contribution in [0.5, 0.6) is 0 Å². The number of carbonyl (C=O) groups is 1. The van der Waals surface area contributed by atoms with Crippen molar-refractivity contribution in [3.8, 4) is 6.07 Å². The minimum atomic E-state index is -5.92. The lowest BCUT2D eigenvalue weighted by Gasteiger charge is -2.31. The van der Waals surface area contributed by atoms with E-state index < -0.39 is 45.1 Å². The molecule has 2 aromatic carbocycles. The maximum absolute atomic E-state index is 13.3. The highest BCUT2D eigenvalue weighted by Gasteiger charge is 2.72. The molecule has 176 valence electrons. The van der Waals surface area contributed by atoms with Crippen LogP contribution in [-0.2, 0) is 26.6 Å². The van der Waals surface area contributed by atoms with Crippen LogP contribution in [0.15, 0.2) is 47.4 Å². The molecule has 2 N–H and O–H groups in total. The Bertz CT molecular complexity index is 1220. The third-order valence-electron chi connectivity index (χ3n) is 5.22. The van der Waals surface area contributed by atoms with Crippen molar-refractivity contribution in [2.45, 2.75) is 35.2 Å². The fraction of sp³-hybridized carbons (Fsp3) is 0.300. The average Bonchev–Trinajstić information content (AvgIpc) is 3.10. The third-order valence-corrected chi connectivity index (χ3v) is 6.33. The Morgan fingerprint density at radius 3 is 2.12 bits per heavy atom. The van der Waals surface area contributed by atoms with E-state index in [1.54, 1.807) is 0 Å². The van der Waals surface area contributed by atoms with Gasteiger partial charge in [0.2, 0.25) is 5.91 Å². The molecule has 1 aliphatic rings. The van der Waals surface area contributed by atoms with Gasteiger partial charge in [-0.05, 0) is 41.0 Å². The quantitative estimate of drug-likeness (QED) is 0.635. The molecule has 1 atom stereocenters. The summed E-state index contributed by atoms with van der Waals surface area (Å²) >= 11 is 0. The number of benzene rings is 2. The van der Waals surface area contributed by atoms with E-state index in [-0.39, 0.29) is 17.1 Å². The van der Waals surface area contributed by atoms with E-state index in [4.69, 9.17) is 5.26 Å². The highest BCUT2D eigenvalue weighted by Crippen LogP contribution is 2.51. The maximum Gasteiger partial charge on any atom is 0.420 e. The second kappa shape index (κ2) is 8.03. The van der Waals surface area contributed by atoms with Gasteiger partial charge in [-0.2, -0.15) is 31.6 Å². The first-order valence-corrected chi connectivity index (χ1v) is 11.0. The zero-order chi connectivity index (χ0) is 24.8. The number of alkyl halides is 6. The smallest absolute Gasteiger partial charge is 0.324 e. The first kappa shape index (κ1) is 24.5. The van der Waals surface area contributed by atoms with Crippen LogP contribution in [0.3, 0.4) is 0 Å². The standard InChI is InChI=1S/C20H15F6N3O3S/c1-33(31,32)14-6-7-15-11(8-14)9-28-16(15)17(30)29-13-4-2-12(3-5-13)18(10-27,19(21,22)23)20(24,25)26/h2-8,16,28H,9H2,1H3,(H,29,30). The summed E-state index contributed by atoms with van der Waals surface area (Å²) in [5, 5.41) is 14.1. The Hall–Kier alpha value is -3.11. The Morgan fingerprint density at radius 2 is 1.64 bits per heavy atom. The van der Waals surface area contributed by atoms with Crippen molar-refractivity contribution in [2.75, 3.05) is 11.6 Å². The fourth-order valence-electron chi connectivity index (χ4n) is 3.50. The lowest BCUT2D eigenvalue weighted by Crippen LogP contribution is -2.52. The molecule has 1 aliphatic heterocycles.